The molecule has 0 amide bonds. The number of benzene rings is 3. The number of rotatable bonds is 5. The molecule has 1 fully saturated rings. The van der Waals surface area contributed by atoms with Crippen molar-refractivity contribution in [2.45, 2.75) is 31.6 Å². The molecule has 3 unspecified atom stereocenters. The van der Waals surface area contributed by atoms with Gasteiger partial charge in [-0.3, -0.25) is 5.32 Å². The van der Waals surface area contributed by atoms with Crippen LogP contribution < -0.4 is 14.8 Å². The van der Waals surface area contributed by atoms with Crippen LogP contribution in [0.25, 0.3) is 0 Å². The minimum Gasteiger partial charge on any atom is -0.490 e. The fourth-order valence-corrected chi connectivity index (χ4v) is 3.70. The summed E-state index contributed by atoms with van der Waals surface area (Å²) in [4.78, 5) is 0. The molecule has 0 spiro atoms. The second kappa shape index (κ2) is 8.28. The molecule has 1 aliphatic heterocycles. The molecule has 4 rings (SSSR count). The van der Waals surface area contributed by atoms with E-state index in [0.29, 0.717) is 0 Å². The van der Waals surface area contributed by atoms with Crippen molar-refractivity contribution in [3.8, 4) is 11.5 Å². The molecule has 1 heterocycles. The monoisotopic (exact) mass is 359 g/mol. The first-order valence-electron chi connectivity index (χ1n) is 9.53. The Balaban J connectivity index is 1.64. The van der Waals surface area contributed by atoms with Crippen molar-refractivity contribution >= 4 is 0 Å². The van der Waals surface area contributed by atoms with Gasteiger partial charge in [-0.1, -0.05) is 66.2 Å². The molecule has 1 N–H and O–H groups in total. The SMILES string of the molecule is Cc1cccc(C2C(Oc3ccccc3)CCNC2Oc2ccccc2)c1. The molecule has 0 saturated carbocycles. The number of piperidine rings is 1. The van der Waals surface area contributed by atoms with Gasteiger partial charge in [0.05, 0.1) is 5.92 Å². The van der Waals surface area contributed by atoms with Crippen LogP contribution in [0.3, 0.4) is 0 Å². The molecule has 3 atom stereocenters. The number of para-hydroxylation sites is 2. The van der Waals surface area contributed by atoms with E-state index in [4.69, 9.17) is 9.47 Å². The molecule has 1 saturated heterocycles. The van der Waals surface area contributed by atoms with E-state index in [0.717, 1.165) is 24.5 Å². The summed E-state index contributed by atoms with van der Waals surface area (Å²) < 4.78 is 12.7. The Hall–Kier alpha value is -2.78. The second-order valence-electron chi connectivity index (χ2n) is 7.00. The first kappa shape index (κ1) is 17.6. The Morgan fingerprint density at radius 1 is 0.778 bits per heavy atom. The number of hydrogen-bond donors (Lipinski definition) is 1. The Morgan fingerprint density at radius 2 is 1.44 bits per heavy atom. The van der Waals surface area contributed by atoms with Crippen LogP contribution in [-0.2, 0) is 0 Å². The number of nitrogens with one attached hydrogen (secondary N) is 1. The molecule has 3 nitrogen and oxygen atoms in total. The molecule has 1 aliphatic rings. The van der Waals surface area contributed by atoms with Crippen LogP contribution in [0.1, 0.15) is 23.5 Å². The number of ether oxygens (including phenoxy) is 2. The third-order valence-corrected chi connectivity index (χ3v) is 4.97. The first-order valence-corrected chi connectivity index (χ1v) is 9.53. The van der Waals surface area contributed by atoms with Crippen LogP contribution in [0.15, 0.2) is 84.9 Å². The van der Waals surface area contributed by atoms with E-state index in [2.05, 4.69) is 36.5 Å². The van der Waals surface area contributed by atoms with E-state index in [-0.39, 0.29) is 18.2 Å². The molecule has 3 aromatic rings. The normalized spacial score (nSPS) is 22.2. The highest BCUT2D eigenvalue weighted by molar-refractivity contribution is 5.30. The number of hydrogen-bond acceptors (Lipinski definition) is 3. The van der Waals surface area contributed by atoms with E-state index < -0.39 is 0 Å². The third-order valence-electron chi connectivity index (χ3n) is 4.97. The summed E-state index contributed by atoms with van der Waals surface area (Å²) in [5, 5.41) is 3.55. The molecule has 3 aromatic carbocycles. The lowest BCUT2D eigenvalue weighted by molar-refractivity contribution is 0.0293. The quantitative estimate of drug-likeness (QED) is 0.701. The van der Waals surface area contributed by atoms with Gasteiger partial charge < -0.3 is 9.47 Å². The zero-order valence-electron chi connectivity index (χ0n) is 15.5. The summed E-state index contributed by atoms with van der Waals surface area (Å²) in [6.45, 7) is 2.98. The lowest BCUT2D eigenvalue weighted by atomic mass is 9.86. The predicted molar refractivity (Wildman–Crippen MR) is 108 cm³/mol. The standard InChI is InChI=1S/C24H25NO2/c1-18-9-8-10-19(17-18)23-22(26-20-11-4-2-5-12-20)15-16-25-24(23)27-21-13-6-3-7-14-21/h2-14,17,22-25H,15-16H2,1H3. The minimum atomic E-state index is -0.142. The average Bonchev–Trinajstić information content (AvgIpc) is 2.70. The zero-order valence-corrected chi connectivity index (χ0v) is 15.5. The van der Waals surface area contributed by atoms with Crippen molar-refractivity contribution in [3.05, 3.63) is 96.1 Å². The van der Waals surface area contributed by atoms with Crippen molar-refractivity contribution in [2.75, 3.05) is 6.54 Å². The molecular weight excluding hydrogens is 334 g/mol. The molecular formula is C24H25NO2. The van der Waals surface area contributed by atoms with Gasteiger partial charge in [0.2, 0.25) is 0 Å². The Labute approximate surface area is 161 Å². The van der Waals surface area contributed by atoms with Crippen molar-refractivity contribution in [1.29, 1.82) is 0 Å². The smallest absolute Gasteiger partial charge is 0.160 e. The molecule has 0 aromatic heterocycles. The maximum absolute atomic E-state index is 6.41. The van der Waals surface area contributed by atoms with E-state index >= 15 is 0 Å². The van der Waals surface area contributed by atoms with Gasteiger partial charge in [-0.05, 0) is 43.2 Å². The van der Waals surface area contributed by atoms with E-state index in [1.54, 1.807) is 0 Å². The highest BCUT2D eigenvalue weighted by Gasteiger charge is 2.37. The van der Waals surface area contributed by atoms with Crippen LogP contribution in [-0.4, -0.2) is 18.9 Å². The Kier molecular flexibility index (Phi) is 5.40. The van der Waals surface area contributed by atoms with Gasteiger partial charge in [0.25, 0.3) is 0 Å². The van der Waals surface area contributed by atoms with E-state index in [1.165, 1.54) is 11.1 Å². The summed E-state index contributed by atoms with van der Waals surface area (Å²) >= 11 is 0. The summed E-state index contributed by atoms with van der Waals surface area (Å²) in [5.41, 5.74) is 2.49. The molecule has 3 heteroatoms. The largest absolute Gasteiger partial charge is 0.490 e. The van der Waals surface area contributed by atoms with Gasteiger partial charge >= 0.3 is 0 Å². The van der Waals surface area contributed by atoms with Gasteiger partial charge in [0.1, 0.15) is 17.6 Å². The van der Waals surface area contributed by atoms with Gasteiger partial charge in [-0.25, -0.2) is 0 Å². The number of aryl methyl sites for hydroxylation is 1. The molecule has 0 radical (unpaired) electrons. The van der Waals surface area contributed by atoms with Crippen LogP contribution in [0.5, 0.6) is 11.5 Å². The van der Waals surface area contributed by atoms with Crippen molar-refractivity contribution in [3.63, 3.8) is 0 Å². The lowest BCUT2D eigenvalue weighted by Gasteiger charge is -2.39. The van der Waals surface area contributed by atoms with Gasteiger partial charge in [0, 0.05) is 6.54 Å². The highest BCUT2D eigenvalue weighted by Crippen LogP contribution is 2.33. The Bertz CT molecular complexity index is 801. The first-order chi connectivity index (χ1) is 13.3. The highest BCUT2D eigenvalue weighted by atomic mass is 16.5. The van der Waals surface area contributed by atoms with Crippen LogP contribution >= 0.6 is 0 Å². The fourth-order valence-electron chi connectivity index (χ4n) is 3.70. The second-order valence-corrected chi connectivity index (χ2v) is 7.00. The molecule has 27 heavy (non-hydrogen) atoms. The van der Waals surface area contributed by atoms with Crippen molar-refractivity contribution in [2.24, 2.45) is 0 Å². The van der Waals surface area contributed by atoms with Crippen molar-refractivity contribution in [1.82, 2.24) is 5.32 Å². The summed E-state index contributed by atoms with van der Waals surface area (Å²) in [5.74, 6) is 1.87. The lowest BCUT2D eigenvalue weighted by Crippen LogP contribution is -2.52. The topological polar surface area (TPSA) is 30.5 Å². The molecule has 0 bridgehead atoms. The fraction of sp³-hybridized carbons (Fsp3) is 0.250. The van der Waals surface area contributed by atoms with Crippen LogP contribution in [0.4, 0.5) is 0 Å². The third kappa shape index (κ3) is 4.32. The minimum absolute atomic E-state index is 0.0455. The molecule has 0 aliphatic carbocycles. The molecule has 138 valence electrons. The predicted octanol–water partition coefficient (Wildman–Crippen LogP) is 4.92. The Morgan fingerprint density at radius 3 is 2.11 bits per heavy atom. The van der Waals surface area contributed by atoms with Gasteiger partial charge in [0.15, 0.2) is 6.23 Å². The summed E-state index contributed by atoms with van der Waals surface area (Å²) in [6, 6.07) is 28.7. The van der Waals surface area contributed by atoms with Crippen LogP contribution in [0.2, 0.25) is 0 Å². The summed E-state index contributed by atoms with van der Waals surface area (Å²) in [7, 11) is 0. The van der Waals surface area contributed by atoms with Crippen molar-refractivity contribution < 1.29 is 9.47 Å². The van der Waals surface area contributed by atoms with Crippen LogP contribution in [0, 0.1) is 6.92 Å². The van der Waals surface area contributed by atoms with Gasteiger partial charge in [-0.2, -0.15) is 0 Å². The zero-order chi connectivity index (χ0) is 18.5. The van der Waals surface area contributed by atoms with Gasteiger partial charge in [-0.15, -0.1) is 0 Å². The average molecular weight is 359 g/mol. The van der Waals surface area contributed by atoms with E-state index in [9.17, 15) is 0 Å². The maximum Gasteiger partial charge on any atom is 0.160 e. The summed E-state index contributed by atoms with van der Waals surface area (Å²) in [6.07, 6.45) is 0.836. The maximum atomic E-state index is 6.41. The van der Waals surface area contributed by atoms with E-state index in [1.807, 2.05) is 60.7 Å².